The summed E-state index contributed by atoms with van der Waals surface area (Å²) in [4.78, 5) is 0.580. The van der Waals surface area contributed by atoms with Crippen molar-refractivity contribution in [1.29, 1.82) is 0 Å². The second-order valence-electron chi connectivity index (χ2n) is 9.65. The average Bonchev–Trinajstić information content (AvgIpc) is 3.32. The second kappa shape index (κ2) is 10.2. The molecule has 8 heteroatoms. The summed E-state index contributed by atoms with van der Waals surface area (Å²) in [6, 6.07) is 22.5. The lowest BCUT2D eigenvalue weighted by Gasteiger charge is -2.12. The number of nitrogens with one attached hydrogen (secondary N) is 2. The van der Waals surface area contributed by atoms with E-state index in [-0.39, 0.29) is 5.82 Å². The Balaban J connectivity index is 1.48. The van der Waals surface area contributed by atoms with Crippen molar-refractivity contribution in [2.24, 2.45) is 0 Å². The molecule has 3 aromatic carbocycles. The summed E-state index contributed by atoms with van der Waals surface area (Å²) in [6.07, 6.45) is 3.01. The Bertz CT molecular complexity index is 1620. The van der Waals surface area contributed by atoms with Crippen molar-refractivity contribution in [2.45, 2.75) is 39.3 Å². The highest BCUT2D eigenvalue weighted by atomic mass is 35.5. The fourth-order valence-electron chi connectivity index (χ4n) is 5.15. The van der Waals surface area contributed by atoms with Gasteiger partial charge in [-0.2, -0.15) is 5.10 Å². The largest absolute Gasteiger partial charge is 0.378 e. The fraction of sp³-hybridized carbons (Fsp3) is 0.200. The SMILES string of the molecule is Cc1ccc(NC(=S)c2c(-c3ccc(F)cc3)c3c4n(c(CNc5ccc(Cl)cc5)nn24)CCCC3)cc1. The summed E-state index contributed by atoms with van der Waals surface area (Å²) < 4.78 is 18.2. The van der Waals surface area contributed by atoms with Gasteiger partial charge in [-0.3, -0.25) is 0 Å². The summed E-state index contributed by atoms with van der Waals surface area (Å²) >= 11 is 12.1. The first-order valence-electron chi connectivity index (χ1n) is 12.7. The van der Waals surface area contributed by atoms with Gasteiger partial charge in [0.25, 0.3) is 0 Å². The number of hydrogen-bond donors (Lipinski definition) is 2. The number of hydrogen-bond acceptors (Lipinski definition) is 3. The number of benzene rings is 3. The number of aromatic nitrogens is 3. The van der Waals surface area contributed by atoms with E-state index in [1.54, 1.807) is 0 Å². The zero-order valence-electron chi connectivity index (χ0n) is 21.0. The Morgan fingerprint density at radius 3 is 2.42 bits per heavy atom. The topological polar surface area (TPSA) is 46.3 Å². The molecule has 0 bridgehead atoms. The van der Waals surface area contributed by atoms with Crippen molar-refractivity contribution in [3.8, 4) is 11.1 Å². The molecule has 3 heterocycles. The average molecular weight is 544 g/mol. The van der Waals surface area contributed by atoms with Crippen LogP contribution in [0.1, 0.15) is 35.5 Å². The van der Waals surface area contributed by atoms with E-state index in [4.69, 9.17) is 28.9 Å². The van der Waals surface area contributed by atoms with Crippen LogP contribution in [0.3, 0.4) is 0 Å². The lowest BCUT2D eigenvalue weighted by Crippen LogP contribution is -2.15. The molecular formula is C30H27ClFN5S. The molecule has 2 N–H and O–H groups in total. The molecule has 1 aliphatic rings. The van der Waals surface area contributed by atoms with E-state index < -0.39 is 0 Å². The molecule has 6 rings (SSSR count). The summed E-state index contributed by atoms with van der Waals surface area (Å²) in [7, 11) is 0. The van der Waals surface area contributed by atoms with Gasteiger partial charge in [0.15, 0.2) is 5.82 Å². The van der Waals surface area contributed by atoms with Gasteiger partial charge in [0.1, 0.15) is 22.1 Å². The first-order valence-corrected chi connectivity index (χ1v) is 13.5. The molecule has 0 unspecified atom stereocenters. The molecule has 38 heavy (non-hydrogen) atoms. The van der Waals surface area contributed by atoms with Gasteiger partial charge in [-0.15, -0.1) is 0 Å². The molecule has 0 amide bonds. The van der Waals surface area contributed by atoms with Crippen molar-refractivity contribution in [1.82, 2.24) is 14.2 Å². The maximum Gasteiger partial charge on any atom is 0.150 e. The van der Waals surface area contributed by atoms with Gasteiger partial charge in [-0.25, -0.2) is 8.91 Å². The van der Waals surface area contributed by atoms with E-state index in [0.29, 0.717) is 16.6 Å². The minimum absolute atomic E-state index is 0.261. The Labute approximate surface area is 231 Å². The van der Waals surface area contributed by atoms with E-state index in [9.17, 15) is 4.39 Å². The smallest absolute Gasteiger partial charge is 0.150 e. The van der Waals surface area contributed by atoms with Crippen LogP contribution in [-0.2, 0) is 19.5 Å². The van der Waals surface area contributed by atoms with Crippen LogP contribution in [0.15, 0.2) is 72.8 Å². The highest BCUT2D eigenvalue weighted by Gasteiger charge is 2.29. The number of aryl methyl sites for hydroxylation is 3. The lowest BCUT2D eigenvalue weighted by atomic mass is 9.98. The van der Waals surface area contributed by atoms with E-state index in [1.165, 1.54) is 23.3 Å². The third-order valence-electron chi connectivity index (χ3n) is 7.01. The molecule has 0 saturated heterocycles. The Morgan fingerprint density at radius 2 is 1.68 bits per heavy atom. The van der Waals surface area contributed by atoms with Crippen LogP contribution in [0.2, 0.25) is 5.02 Å². The normalized spacial score (nSPS) is 12.9. The molecule has 192 valence electrons. The van der Waals surface area contributed by atoms with Crippen LogP contribution in [0.4, 0.5) is 15.8 Å². The highest BCUT2D eigenvalue weighted by Crippen LogP contribution is 2.37. The van der Waals surface area contributed by atoms with Gasteiger partial charge in [-0.05, 0) is 80.3 Å². The summed E-state index contributed by atoms with van der Waals surface area (Å²) in [5, 5.41) is 12.7. The van der Waals surface area contributed by atoms with Crippen molar-refractivity contribution >= 4 is 45.8 Å². The minimum atomic E-state index is -0.261. The zero-order valence-corrected chi connectivity index (χ0v) is 22.5. The monoisotopic (exact) mass is 543 g/mol. The van der Waals surface area contributed by atoms with Gasteiger partial charge < -0.3 is 15.2 Å². The Kier molecular flexibility index (Phi) is 6.64. The zero-order chi connectivity index (χ0) is 26.2. The third kappa shape index (κ3) is 4.68. The molecule has 5 nitrogen and oxygen atoms in total. The number of thiocarbonyl (C=S) groups is 1. The predicted molar refractivity (Wildman–Crippen MR) is 157 cm³/mol. The van der Waals surface area contributed by atoms with Gasteiger partial charge in [-0.1, -0.05) is 53.6 Å². The van der Waals surface area contributed by atoms with Crippen LogP contribution in [0.5, 0.6) is 0 Å². The van der Waals surface area contributed by atoms with Crippen molar-refractivity contribution < 1.29 is 4.39 Å². The lowest BCUT2D eigenvalue weighted by molar-refractivity contribution is 0.619. The maximum absolute atomic E-state index is 13.9. The Morgan fingerprint density at radius 1 is 0.974 bits per heavy atom. The standard InChI is InChI=1S/C30H27ClFN5S/c1-19-5-13-24(14-6-19)34-29(38)28-27(20-7-11-22(32)12-8-20)25-4-2-3-17-36-26(35-37(28)30(25)36)18-33-23-15-9-21(31)10-16-23/h5-16,33H,2-4,17-18H2,1H3,(H,34,38). The molecule has 2 aromatic heterocycles. The van der Waals surface area contributed by atoms with E-state index in [1.807, 2.05) is 53.0 Å². The Hall–Kier alpha value is -3.68. The quantitative estimate of drug-likeness (QED) is 0.216. The molecule has 0 fully saturated rings. The van der Waals surface area contributed by atoms with Crippen molar-refractivity contribution in [3.63, 3.8) is 0 Å². The number of anilines is 2. The van der Waals surface area contributed by atoms with Crippen molar-refractivity contribution in [2.75, 3.05) is 10.6 Å². The second-order valence-corrected chi connectivity index (χ2v) is 10.5. The van der Waals surface area contributed by atoms with Crippen LogP contribution in [0, 0.1) is 12.7 Å². The number of halogens is 2. The molecule has 5 aromatic rings. The third-order valence-corrected chi connectivity index (χ3v) is 7.56. The van der Waals surface area contributed by atoms with Gasteiger partial charge in [0, 0.05) is 34.1 Å². The van der Waals surface area contributed by atoms with Crippen LogP contribution >= 0.6 is 23.8 Å². The van der Waals surface area contributed by atoms with Crippen LogP contribution < -0.4 is 10.6 Å². The van der Waals surface area contributed by atoms with Crippen molar-refractivity contribution in [3.05, 3.63) is 106 Å². The number of nitrogens with zero attached hydrogens (tertiary/aromatic N) is 3. The molecule has 0 saturated carbocycles. The predicted octanol–water partition coefficient (Wildman–Crippen LogP) is 7.64. The first kappa shape index (κ1) is 24.6. The van der Waals surface area contributed by atoms with Crippen LogP contribution in [0.25, 0.3) is 16.8 Å². The van der Waals surface area contributed by atoms with E-state index >= 15 is 0 Å². The van der Waals surface area contributed by atoms with E-state index in [0.717, 1.165) is 65.5 Å². The molecule has 0 radical (unpaired) electrons. The molecule has 0 atom stereocenters. The highest BCUT2D eigenvalue weighted by molar-refractivity contribution is 7.81. The number of rotatable bonds is 6. The molecule has 0 aliphatic carbocycles. The molecule has 1 aliphatic heterocycles. The summed E-state index contributed by atoms with van der Waals surface area (Å²) in [5.41, 5.74) is 8.10. The van der Waals surface area contributed by atoms with E-state index in [2.05, 4.69) is 34.3 Å². The minimum Gasteiger partial charge on any atom is -0.378 e. The van der Waals surface area contributed by atoms with Gasteiger partial charge in [0.05, 0.1) is 6.54 Å². The summed E-state index contributed by atoms with van der Waals surface area (Å²) in [5.74, 6) is 0.673. The van der Waals surface area contributed by atoms with Gasteiger partial charge >= 0.3 is 0 Å². The van der Waals surface area contributed by atoms with Crippen LogP contribution in [-0.4, -0.2) is 19.2 Å². The maximum atomic E-state index is 13.9. The first-order chi connectivity index (χ1) is 18.5. The summed E-state index contributed by atoms with van der Waals surface area (Å²) in [6.45, 7) is 3.49. The molecular weight excluding hydrogens is 517 g/mol. The fourth-order valence-corrected chi connectivity index (χ4v) is 5.58. The van der Waals surface area contributed by atoms with Gasteiger partial charge in [0.2, 0.25) is 0 Å². The molecule has 0 spiro atoms.